The van der Waals surface area contributed by atoms with Crippen molar-refractivity contribution < 1.29 is 22.7 Å². The highest BCUT2D eigenvalue weighted by Crippen LogP contribution is 2.35. The smallest absolute Gasteiger partial charge is 0.471 e. The van der Waals surface area contributed by atoms with Crippen molar-refractivity contribution in [2.45, 2.75) is 64.1 Å². The number of aryl methyl sites for hydroxylation is 1. The van der Waals surface area contributed by atoms with Gasteiger partial charge in [0.05, 0.1) is 6.10 Å². The van der Waals surface area contributed by atoms with Crippen LogP contribution in [0, 0.1) is 0 Å². The molecule has 0 aromatic heterocycles. The zero-order chi connectivity index (χ0) is 17.7. The topological polar surface area (TPSA) is 38.3 Å². The number of hydrogen-bond acceptors (Lipinski definition) is 2. The molecule has 1 aliphatic carbocycles. The Morgan fingerprint density at radius 2 is 2.08 bits per heavy atom. The van der Waals surface area contributed by atoms with Gasteiger partial charge in [-0.3, -0.25) is 4.79 Å². The Morgan fingerprint density at radius 1 is 1.33 bits per heavy atom. The van der Waals surface area contributed by atoms with Crippen molar-refractivity contribution >= 4 is 5.91 Å². The Balaban J connectivity index is 2.07. The maximum atomic E-state index is 12.3. The standard InChI is InChI=1S/C18H24F3NO2/c1-12(2)24-15-8-7-13-5-3-4-6-14(16(13)11-15)9-10-22-17(23)18(19,20)21/h7-8,11-12,14H,3-6,9-10H2,1-2H3,(H,22,23). The lowest BCUT2D eigenvalue weighted by Gasteiger charge is -2.20. The molecule has 1 amide bonds. The number of rotatable bonds is 5. The van der Waals surface area contributed by atoms with Gasteiger partial charge in [0.25, 0.3) is 0 Å². The molecule has 134 valence electrons. The Hall–Kier alpha value is -1.72. The fraction of sp³-hybridized carbons (Fsp3) is 0.611. The lowest BCUT2D eigenvalue weighted by Crippen LogP contribution is -2.37. The average Bonchev–Trinajstić information content (AvgIpc) is 2.68. The molecule has 0 bridgehead atoms. The molecule has 0 saturated heterocycles. The van der Waals surface area contributed by atoms with E-state index < -0.39 is 12.1 Å². The first-order valence-electron chi connectivity index (χ1n) is 8.42. The molecule has 6 heteroatoms. The predicted octanol–water partition coefficient (Wildman–Crippen LogP) is 4.35. The number of hydrogen-bond donors (Lipinski definition) is 1. The van der Waals surface area contributed by atoms with E-state index in [0.29, 0.717) is 6.42 Å². The van der Waals surface area contributed by atoms with Crippen LogP contribution in [0.15, 0.2) is 18.2 Å². The van der Waals surface area contributed by atoms with Gasteiger partial charge in [-0.25, -0.2) is 0 Å². The molecule has 1 unspecified atom stereocenters. The van der Waals surface area contributed by atoms with Crippen molar-refractivity contribution in [2.24, 2.45) is 0 Å². The van der Waals surface area contributed by atoms with Gasteiger partial charge < -0.3 is 10.1 Å². The zero-order valence-electron chi connectivity index (χ0n) is 14.1. The van der Waals surface area contributed by atoms with Gasteiger partial charge in [0.15, 0.2) is 0 Å². The van der Waals surface area contributed by atoms with Crippen LogP contribution in [-0.4, -0.2) is 24.7 Å². The van der Waals surface area contributed by atoms with E-state index in [9.17, 15) is 18.0 Å². The summed E-state index contributed by atoms with van der Waals surface area (Å²) in [5, 5.41) is 1.97. The monoisotopic (exact) mass is 343 g/mol. The van der Waals surface area contributed by atoms with Crippen molar-refractivity contribution in [3.05, 3.63) is 29.3 Å². The van der Waals surface area contributed by atoms with E-state index in [1.807, 2.05) is 31.3 Å². The summed E-state index contributed by atoms with van der Waals surface area (Å²) in [6.07, 6.45) is -0.253. The molecule has 0 aliphatic heterocycles. The van der Waals surface area contributed by atoms with Crippen molar-refractivity contribution in [1.29, 1.82) is 0 Å². The Kier molecular flexibility index (Phi) is 6.13. The highest BCUT2D eigenvalue weighted by atomic mass is 19.4. The van der Waals surface area contributed by atoms with Crippen molar-refractivity contribution in [1.82, 2.24) is 5.32 Å². The van der Waals surface area contributed by atoms with Crippen LogP contribution in [-0.2, 0) is 11.2 Å². The maximum Gasteiger partial charge on any atom is 0.471 e. The van der Waals surface area contributed by atoms with Gasteiger partial charge in [0, 0.05) is 6.54 Å². The number of carbonyl (C=O) groups excluding carboxylic acids is 1. The summed E-state index contributed by atoms with van der Waals surface area (Å²) in [5.41, 5.74) is 2.38. The predicted molar refractivity (Wildman–Crippen MR) is 86.2 cm³/mol. The van der Waals surface area contributed by atoms with E-state index in [-0.39, 0.29) is 18.6 Å². The second-order valence-corrected chi connectivity index (χ2v) is 6.51. The normalized spacial score (nSPS) is 18.0. The van der Waals surface area contributed by atoms with Gasteiger partial charge in [-0.05, 0) is 68.7 Å². The van der Waals surface area contributed by atoms with Crippen molar-refractivity contribution in [2.75, 3.05) is 6.54 Å². The molecule has 1 N–H and O–H groups in total. The third kappa shape index (κ3) is 5.14. The van der Waals surface area contributed by atoms with Crippen molar-refractivity contribution in [3.8, 4) is 5.75 Å². The summed E-state index contributed by atoms with van der Waals surface area (Å²) in [7, 11) is 0. The maximum absolute atomic E-state index is 12.3. The summed E-state index contributed by atoms with van der Waals surface area (Å²) in [6, 6.07) is 6.02. The summed E-state index contributed by atoms with van der Waals surface area (Å²) in [5.74, 6) is -0.935. The Morgan fingerprint density at radius 3 is 2.75 bits per heavy atom. The van der Waals surface area contributed by atoms with E-state index >= 15 is 0 Å². The van der Waals surface area contributed by atoms with Gasteiger partial charge in [-0.2, -0.15) is 13.2 Å². The van der Waals surface area contributed by atoms with E-state index in [4.69, 9.17) is 4.74 Å². The number of alkyl halides is 3. The van der Waals surface area contributed by atoms with Gasteiger partial charge >= 0.3 is 12.1 Å². The lowest BCUT2D eigenvalue weighted by atomic mass is 9.89. The number of ether oxygens (including phenoxy) is 1. The summed E-state index contributed by atoms with van der Waals surface area (Å²) in [6.45, 7) is 3.93. The highest BCUT2D eigenvalue weighted by Gasteiger charge is 2.38. The molecule has 1 aliphatic rings. The van der Waals surface area contributed by atoms with Crippen LogP contribution >= 0.6 is 0 Å². The Labute approximate surface area is 140 Å². The van der Waals surface area contributed by atoms with E-state index in [2.05, 4.69) is 6.07 Å². The molecule has 24 heavy (non-hydrogen) atoms. The molecule has 1 aromatic rings. The van der Waals surface area contributed by atoms with Crippen LogP contribution in [0.4, 0.5) is 13.2 Å². The molecule has 0 fully saturated rings. The van der Waals surface area contributed by atoms with Gasteiger partial charge in [-0.15, -0.1) is 0 Å². The summed E-state index contributed by atoms with van der Waals surface area (Å²) in [4.78, 5) is 10.9. The average molecular weight is 343 g/mol. The fourth-order valence-corrected chi connectivity index (χ4v) is 3.15. The van der Waals surface area contributed by atoms with Crippen LogP contribution in [0.2, 0.25) is 0 Å². The number of fused-ring (bicyclic) bond motifs is 1. The second-order valence-electron chi connectivity index (χ2n) is 6.51. The molecule has 1 atom stereocenters. The molecular formula is C18H24F3NO2. The minimum atomic E-state index is -4.82. The molecule has 0 saturated carbocycles. The third-order valence-corrected chi connectivity index (χ3v) is 4.21. The second kappa shape index (κ2) is 7.90. The molecule has 3 nitrogen and oxygen atoms in total. The molecule has 1 aromatic carbocycles. The van der Waals surface area contributed by atoms with E-state index in [1.54, 1.807) is 0 Å². The number of halogens is 3. The largest absolute Gasteiger partial charge is 0.491 e. The number of benzene rings is 1. The minimum Gasteiger partial charge on any atom is -0.491 e. The first-order chi connectivity index (χ1) is 11.3. The molecular weight excluding hydrogens is 319 g/mol. The molecule has 0 heterocycles. The minimum absolute atomic E-state index is 0.0255. The summed E-state index contributed by atoms with van der Waals surface area (Å²) >= 11 is 0. The van der Waals surface area contributed by atoms with Crippen LogP contribution < -0.4 is 10.1 Å². The van der Waals surface area contributed by atoms with Gasteiger partial charge in [0.2, 0.25) is 0 Å². The number of nitrogens with one attached hydrogen (secondary N) is 1. The quantitative estimate of drug-likeness (QED) is 0.807. The van der Waals surface area contributed by atoms with E-state index in [1.165, 1.54) is 5.56 Å². The third-order valence-electron chi connectivity index (χ3n) is 4.21. The highest BCUT2D eigenvalue weighted by molar-refractivity contribution is 5.81. The van der Waals surface area contributed by atoms with Crippen LogP contribution in [0.5, 0.6) is 5.75 Å². The molecule has 0 spiro atoms. The first-order valence-corrected chi connectivity index (χ1v) is 8.42. The molecule has 2 rings (SSSR count). The fourth-order valence-electron chi connectivity index (χ4n) is 3.15. The van der Waals surface area contributed by atoms with Gasteiger partial charge in [0.1, 0.15) is 5.75 Å². The van der Waals surface area contributed by atoms with Crippen LogP contribution in [0.1, 0.15) is 56.6 Å². The van der Waals surface area contributed by atoms with E-state index in [0.717, 1.165) is 37.0 Å². The number of carbonyl (C=O) groups is 1. The van der Waals surface area contributed by atoms with Gasteiger partial charge in [-0.1, -0.05) is 12.5 Å². The van der Waals surface area contributed by atoms with Crippen LogP contribution in [0.25, 0.3) is 0 Å². The SMILES string of the molecule is CC(C)Oc1ccc2c(c1)C(CCNC(=O)C(F)(F)F)CCCC2. The Bertz CT molecular complexity index is 570. The first kappa shape index (κ1) is 18.6. The van der Waals surface area contributed by atoms with Crippen LogP contribution in [0.3, 0.4) is 0 Å². The lowest BCUT2D eigenvalue weighted by molar-refractivity contribution is -0.173. The number of amides is 1. The zero-order valence-corrected chi connectivity index (χ0v) is 14.1. The molecule has 0 radical (unpaired) electrons. The van der Waals surface area contributed by atoms with Crippen molar-refractivity contribution in [3.63, 3.8) is 0 Å². The summed E-state index contributed by atoms with van der Waals surface area (Å²) < 4.78 is 42.5.